The Morgan fingerprint density at radius 3 is 2.19 bits per heavy atom. The second-order valence-corrected chi connectivity index (χ2v) is 12.5. The molecule has 0 aliphatic carbocycles. The third kappa shape index (κ3) is 10.7. The molecule has 0 fully saturated rings. The summed E-state index contributed by atoms with van der Waals surface area (Å²) < 4.78 is 19.0. The Balaban J connectivity index is 2.19. The predicted molar refractivity (Wildman–Crippen MR) is 147 cm³/mol. The highest BCUT2D eigenvalue weighted by molar-refractivity contribution is 7.59. The smallest absolute Gasteiger partial charge is 0.246 e. The van der Waals surface area contributed by atoms with E-state index in [9.17, 15) is 14.2 Å². The van der Waals surface area contributed by atoms with E-state index in [4.69, 9.17) is 10.3 Å². The number of aryl methyl sites for hydroxylation is 1. The summed E-state index contributed by atoms with van der Waals surface area (Å²) in [5.41, 5.74) is 7.39. The van der Waals surface area contributed by atoms with Gasteiger partial charge in [-0.2, -0.15) is 0 Å². The molecule has 0 aliphatic rings. The number of anilines is 1. The Morgan fingerprint density at radius 2 is 1.61 bits per heavy atom. The van der Waals surface area contributed by atoms with Gasteiger partial charge in [0.05, 0.1) is 0 Å². The topological polar surface area (TPSA) is 111 Å². The zero-order chi connectivity index (χ0) is 26.4. The van der Waals surface area contributed by atoms with Crippen LogP contribution in [0.2, 0.25) is 0 Å². The van der Waals surface area contributed by atoms with E-state index in [1.165, 1.54) is 7.11 Å². The second kappa shape index (κ2) is 15.6. The Morgan fingerprint density at radius 1 is 0.972 bits per heavy atom. The number of para-hydroxylation sites is 1. The molecule has 2 aromatic rings. The van der Waals surface area contributed by atoms with Gasteiger partial charge in [0.15, 0.2) is 0 Å². The number of carbonyl (C=O) groups is 2. The van der Waals surface area contributed by atoms with Crippen molar-refractivity contribution < 1.29 is 18.7 Å². The van der Waals surface area contributed by atoms with Crippen LogP contribution in [0.5, 0.6) is 0 Å². The molecule has 3 atom stereocenters. The number of benzene rings is 2. The molecular weight excluding hydrogens is 473 g/mol. The molecule has 2 rings (SSSR count). The van der Waals surface area contributed by atoms with Crippen LogP contribution in [-0.2, 0) is 25.1 Å². The maximum absolute atomic E-state index is 13.5. The highest BCUT2D eigenvalue weighted by Crippen LogP contribution is 2.49. The van der Waals surface area contributed by atoms with Crippen molar-refractivity contribution in [1.82, 2.24) is 5.32 Å². The third-order valence-corrected chi connectivity index (χ3v) is 8.82. The van der Waals surface area contributed by atoms with Crippen molar-refractivity contribution in [2.75, 3.05) is 31.3 Å². The summed E-state index contributed by atoms with van der Waals surface area (Å²) in [6, 6.07) is 18.4. The number of rotatable bonds is 16. The lowest BCUT2D eigenvalue weighted by atomic mass is 9.98. The molecule has 0 aromatic heterocycles. The Labute approximate surface area is 216 Å². The lowest BCUT2D eigenvalue weighted by molar-refractivity contribution is -0.129. The first kappa shape index (κ1) is 29.8. The molecule has 7 nitrogen and oxygen atoms in total. The molecule has 8 heteroatoms. The van der Waals surface area contributed by atoms with E-state index in [0.29, 0.717) is 44.1 Å². The third-order valence-electron chi connectivity index (χ3n) is 6.16. The Kier molecular flexibility index (Phi) is 12.9. The summed E-state index contributed by atoms with van der Waals surface area (Å²) in [6.07, 6.45) is 3.63. The van der Waals surface area contributed by atoms with Crippen LogP contribution in [0.15, 0.2) is 60.7 Å². The first-order chi connectivity index (χ1) is 17.3. The highest BCUT2D eigenvalue weighted by atomic mass is 31.2. The Hall–Kier alpha value is -2.47. The van der Waals surface area contributed by atoms with Crippen LogP contribution in [0.1, 0.15) is 45.1 Å². The summed E-state index contributed by atoms with van der Waals surface area (Å²) in [5.74, 6) is -0.882. The first-order valence-electron chi connectivity index (χ1n) is 12.8. The van der Waals surface area contributed by atoms with Gasteiger partial charge in [-0.3, -0.25) is 14.2 Å². The van der Waals surface area contributed by atoms with E-state index in [1.807, 2.05) is 74.5 Å². The van der Waals surface area contributed by atoms with Crippen LogP contribution in [-0.4, -0.2) is 43.8 Å². The first-order valence-corrected chi connectivity index (χ1v) is 14.8. The monoisotopic (exact) mass is 515 g/mol. The van der Waals surface area contributed by atoms with Gasteiger partial charge in [-0.1, -0.05) is 62.4 Å². The normalized spacial score (nSPS) is 14.6. The van der Waals surface area contributed by atoms with Crippen molar-refractivity contribution >= 4 is 24.9 Å². The van der Waals surface area contributed by atoms with Crippen molar-refractivity contribution in [3.05, 3.63) is 66.2 Å². The van der Waals surface area contributed by atoms with E-state index < -0.39 is 19.3 Å². The fraction of sp³-hybridized carbons (Fsp3) is 0.500. The molecule has 0 spiro atoms. The zero-order valence-electron chi connectivity index (χ0n) is 21.8. The molecule has 0 radical (unpaired) electrons. The number of nitrogens with one attached hydrogen (secondary N) is 2. The fourth-order valence-electron chi connectivity index (χ4n) is 4.12. The van der Waals surface area contributed by atoms with Gasteiger partial charge in [-0.05, 0) is 62.3 Å². The minimum absolute atomic E-state index is 0.140. The minimum Gasteiger partial charge on any atom is -0.344 e. The number of carbonyl (C=O) groups excluding carboxylic acids is 2. The molecule has 2 unspecified atom stereocenters. The molecule has 0 bridgehead atoms. The van der Waals surface area contributed by atoms with Crippen molar-refractivity contribution in [1.29, 1.82) is 0 Å². The van der Waals surface area contributed by atoms with Gasteiger partial charge in [-0.15, -0.1) is 0 Å². The maximum atomic E-state index is 13.5. The molecule has 2 aromatic carbocycles. The number of nitrogens with two attached hydrogens (primary N) is 1. The van der Waals surface area contributed by atoms with Gasteiger partial charge in [0.2, 0.25) is 19.2 Å². The van der Waals surface area contributed by atoms with Crippen LogP contribution in [0.3, 0.4) is 0 Å². The van der Waals surface area contributed by atoms with Crippen molar-refractivity contribution in [3.63, 3.8) is 0 Å². The molecule has 4 N–H and O–H groups in total. The number of hydrogen-bond acceptors (Lipinski definition) is 5. The van der Waals surface area contributed by atoms with Crippen molar-refractivity contribution in [3.8, 4) is 0 Å². The van der Waals surface area contributed by atoms with Crippen LogP contribution < -0.4 is 16.4 Å². The minimum atomic E-state index is -3.03. The van der Waals surface area contributed by atoms with Crippen LogP contribution >= 0.6 is 7.37 Å². The average molecular weight is 516 g/mol. The SMILES string of the molecule is COP(=O)(CCCCN)CC(CCc1ccccc1)C(=O)N[C@@H](CC(C)C)C(=O)Nc1ccccc1. The van der Waals surface area contributed by atoms with E-state index in [2.05, 4.69) is 10.6 Å². The second-order valence-electron chi connectivity index (χ2n) is 9.67. The van der Waals surface area contributed by atoms with Crippen molar-refractivity contribution in [2.24, 2.45) is 17.6 Å². The summed E-state index contributed by atoms with van der Waals surface area (Å²) in [7, 11) is -1.58. The van der Waals surface area contributed by atoms with Gasteiger partial charge in [-0.25, -0.2) is 0 Å². The maximum Gasteiger partial charge on any atom is 0.246 e. The lowest BCUT2D eigenvalue weighted by Crippen LogP contribution is -2.47. The van der Waals surface area contributed by atoms with E-state index >= 15 is 0 Å². The fourth-order valence-corrected chi connectivity index (χ4v) is 6.36. The molecule has 0 saturated carbocycles. The highest BCUT2D eigenvalue weighted by Gasteiger charge is 2.32. The van der Waals surface area contributed by atoms with E-state index in [1.54, 1.807) is 0 Å². The van der Waals surface area contributed by atoms with Gasteiger partial charge in [0, 0.05) is 31.0 Å². The van der Waals surface area contributed by atoms with E-state index in [-0.39, 0.29) is 23.9 Å². The molecule has 0 aliphatic heterocycles. The van der Waals surface area contributed by atoms with Crippen LogP contribution in [0.25, 0.3) is 0 Å². The largest absolute Gasteiger partial charge is 0.344 e. The number of amides is 2. The number of hydrogen-bond donors (Lipinski definition) is 3. The molecule has 198 valence electrons. The summed E-state index contributed by atoms with van der Waals surface area (Å²) >= 11 is 0. The van der Waals surface area contributed by atoms with Gasteiger partial charge in [0.25, 0.3) is 0 Å². The summed E-state index contributed by atoms with van der Waals surface area (Å²) in [6.45, 7) is 4.55. The van der Waals surface area contributed by atoms with Crippen molar-refractivity contribution in [2.45, 2.75) is 52.0 Å². The van der Waals surface area contributed by atoms with Gasteiger partial charge in [0.1, 0.15) is 6.04 Å². The van der Waals surface area contributed by atoms with Gasteiger partial charge >= 0.3 is 0 Å². The quantitative estimate of drug-likeness (QED) is 0.214. The van der Waals surface area contributed by atoms with Crippen LogP contribution in [0.4, 0.5) is 5.69 Å². The standard InChI is InChI=1S/C28H42N3O4P/c1-22(2)20-26(28(33)30-25-14-8-5-9-15-25)31-27(32)24(17-16-23-12-6-4-7-13-23)21-36(34,35-3)19-11-10-18-29/h4-9,12-15,22,24,26H,10-11,16-21,29H2,1-3H3,(H,30,33)(H,31,32)/t24?,26-,36?/m0/s1. The molecular formula is C28H42N3O4P. The average Bonchev–Trinajstić information content (AvgIpc) is 2.87. The lowest BCUT2D eigenvalue weighted by Gasteiger charge is -2.26. The van der Waals surface area contributed by atoms with Crippen LogP contribution in [0, 0.1) is 11.8 Å². The van der Waals surface area contributed by atoms with Gasteiger partial charge < -0.3 is 20.9 Å². The molecule has 0 saturated heterocycles. The number of unbranched alkanes of at least 4 members (excludes halogenated alkanes) is 1. The Bertz CT molecular complexity index is 969. The summed E-state index contributed by atoms with van der Waals surface area (Å²) in [4.78, 5) is 26.6. The summed E-state index contributed by atoms with van der Waals surface area (Å²) in [5, 5.41) is 5.87. The molecule has 2 amide bonds. The predicted octanol–water partition coefficient (Wildman–Crippen LogP) is 5.07. The zero-order valence-corrected chi connectivity index (χ0v) is 22.7. The van der Waals surface area contributed by atoms with E-state index in [0.717, 1.165) is 12.0 Å². The molecule has 36 heavy (non-hydrogen) atoms. The molecule has 0 heterocycles.